The van der Waals surface area contributed by atoms with Gasteiger partial charge in [0.25, 0.3) is 0 Å². The Balaban J connectivity index is 1.80. The minimum absolute atomic E-state index is 0.141. The van der Waals surface area contributed by atoms with Crippen LogP contribution in [0.2, 0.25) is 0 Å². The molecule has 2 aromatic rings. The van der Waals surface area contributed by atoms with Crippen LogP contribution in [-0.2, 0) is 4.74 Å². The molecular formula is C19H20FNO2. The van der Waals surface area contributed by atoms with Crippen LogP contribution < -0.4 is 4.74 Å². The second-order valence-corrected chi connectivity index (χ2v) is 6.61. The predicted octanol–water partition coefficient (Wildman–Crippen LogP) is 4.11. The smallest absolute Gasteiger partial charge is 0.133 e. The zero-order valence-corrected chi connectivity index (χ0v) is 13.3. The molecule has 23 heavy (non-hydrogen) atoms. The van der Waals surface area contributed by atoms with Gasteiger partial charge in [0, 0.05) is 23.6 Å². The fourth-order valence-corrected chi connectivity index (χ4v) is 3.70. The van der Waals surface area contributed by atoms with E-state index in [1.165, 1.54) is 6.07 Å². The number of halogens is 1. The van der Waals surface area contributed by atoms with Crippen molar-refractivity contribution in [1.29, 1.82) is 0 Å². The molecule has 3 nitrogen and oxygen atoms in total. The summed E-state index contributed by atoms with van der Waals surface area (Å²) in [6, 6.07) is 12.8. The number of hydrogen-bond acceptors (Lipinski definition) is 3. The molecule has 0 saturated carbocycles. The largest absolute Gasteiger partial charge is 0.457 e. The van der Waals surface area contributed by atoms with Gasteiger partial charge in [-0.2, -0.15) is 0 Å². The minimum atomic E-state index is -0.253. The minimum Gasteiger partial charge on any atom is -0.457 e. The normalized spacial score (nSPS) is 25.3. The molecule has 0 bridgehead atoms. The van der Waals surface area contributed by atoms with Crippen molar-refractivity contribution < 1.29 is 13.9 Å². The number of nitrogens with zero attached hydrogens (tertiary/aromatic N) is 1. The average molecular weight is 313 g/mol. The Hall–Kier alpha value is -1.91. The maximum atomic E-state index is 13.8. The van der Waals surface area contributed by atoms with Crippen LogP contribution in [0.4, 0.5) is 4.39 Å². The number of likely N-dealkylation sites (N-methyl/N-ethyl adjacent to an activating group) is 1. The highest BCUT2D eigenvalue weighted by molar-refractivity contribution is 5.49. The van der Waals surface area contributed by atoms with Gasteiger partial charge in [-0.05, 0) is 44.8 Å². The van der Waals surface area contributed by atoms with Crippen LogP contribution in [0.3, 0.4) is 0 Å². The summed E-state index contributed by atoms with van der Waals surface area (Å²) < 4.78 is 26.2. The quantitative estimate of drug-likeness (QED) is 0.833. The van der Waals surface area contributed by atoms with E-state index in [2.05, 4.69) is 11.0 Å². The zero-order valence-electron chi connectivity index (χ0n) is 13.3. The first-order valence-electron chi connectivity index (χ1n) is 7.98. The molecule has 0 aliphatic carbocycles. The highest BCUT2D eigenvalue weighted by Gasteiger charge is 2.41. The van der Waals surface area contributed by atoms with Crippen molar-refractivity contribution in [3.05, 3.63) is 59.4 Å². The first kappa shape index (κ1) is 14.7. The molecule has 0 N–H and O–H groups in total. The second-order valence-electron chi connectivity index (χ2n) is 6.61. The van der Waals surface area contributed by atoms with Gasteiger partial charge in [0.2, 0.25) is 0 Å². The summed E-state index contributed by atoms with van der Waals surface area (Å²) in [7, 11) is 4.09. The van der Waals surface area contributed by atoms with Crippen LogP contribution in [-0.4, -0.2) is 31.6 Å². The Morgan fingerprint density at radius 2 is 1.87 bits per heavy atom. The Morgan fingerprint density at radius 3 is 2.70 bits per heavy atom. The molecule has 0 unspecified atom stereocenters. The molecular weight excluding hydrogens is 293 g/mol. The van der Waals surface area contributed by atoms with E-state index in [-0.39, 0.29) is 23.9 Å². The first-order valence-corrected chi connectivity index (χ1v) is 7.98. The van der Waals surface area contributed by atoms with E-state index in [0.717, 1.165) is 29.8 Å². The molecule has 120 valence electrons. The van der Waals surface area contributed by atoms with E-state index in [9.17, 15) is 4.39 Å². The standard InChI is InChI=1S/C19H20FNO2/c1-21(2)11-13-10-15-14-5-3-4-6-17(14)23-18-8-7-12(20)9-16(18)19(15)22-13/h3-9,13,15,19H,10-11H2,1-2H3/t13-,15+,19+/m1/s1. The molecule has 1 fully saturated rings. The summed E-state index contributed by atoms with van der Waals surface area (Å²) in [5.74, 6) is 1.48. The molecule has 0 aromatic heterocycles. The van der Waals surface area contributed by atoms with Gasteiger partial charge in [0.15, 0.2) is 0 Å². The van der Waals surface area contributed by atoms with Crippen LogP contribution in [0.15, 0.2) is 42.5 Å². The highest BCUT2D eigenvalue weighted by atomic mass is 19.1. The molecule has 2 aliphatic heterocycles. The molecule has 0 spiro atoms. The topological polar surface area (TPSA) is 21.7 Å². The van der Waals surface area contributed by atoms with E-state index >= 15 is 0 Å². The van der Waals surface area contributed by atoms with Gasteiger partial charge in [0.05, 0.1) is 12.2 Å². The predicted molar refractivity (Wildman–Crippen MR) is 86.4 cm³/mol. The lowest BCUT2D eigenvalue weighted by Crippen LogP contribution is -2.25. The van der Waals surface area contributed by atoms with Gasteiger partial charge >= 0.3 is 0 Å². The number of ether oxygens (including phenoxy) is 2. The van der Waals surface area contributed by atoms with E-state index in [0.29, 0.717) is 5.75 Å². The molecule has 0 radical (unpaired) electrons. The van der Waals surface area contributed by atoms with E-state index < -0.39 is 0 Å². The van der Waals surface area contributed by atoms with E-state index in [4.69, 9.17) is 9.47 Å². The summed E-state index contributed by atoms with van der Waals surface area (Å²) in [5, 5.41) is 0. The van der Waals surface area contributed by atoms with Crippen LogP contribution >= 0.6 is 0 Å². The fourth-order valence-electron chi connectivity index (χ4n) is 3.70. The SMILES string of the molecule is CN(C)C[C@H]1C[C@H]2c3ccccc3Oc3ccc(F)cc3[C@H]2O1. The lowest BCUT2D eigenvalue weighted by Gasteiger charge is -2.19. The number of para-hydroxylation sites is 1. The van der Waals surface area contributed by atoms with Crippen molar-refractivity contribution in [2.45, 2.75) is 24.5 Å². The number of benzene rings is 2. The molecule has 0 amide bonds. The Morgan fingerprint density at radius 1 is 1.09 bits per heavy atom. The molecule has 4 rings (SSSR count). The van der Waals surface area contributed by atoms with Crippen molar-refractivity contribution in [2.24, 2.45) is 0 Å². The van der Waals surface area contributed by atoms with Gasteiger partial charge < -0.3 is 14.4 Å². The van der Waals surface area contributed by atoms with Gasteiger partial charge in [-0.1, -0.05) is 18.2 Å². The third-order valence-electron chi connectivity index (χ3n) is 4.61. The monoisotopic (exact) mass is 313 g/mol. The summed E-state index contributed by atoms with van der Waals surface area (Å²) in [6.07, 6.45) is 0.899. The Labute approximate surface area is 135 Å². The van der Waals surface area contributed by atoms with Crippen LogP contribution in [0.25, 0.3) is 0 Å². The maximum Gasteiger partial charge on any atom is 0.133 e. The van der Waals surface area contributed by atoms with Gasteiger partial charge in [-0.3, -0.25) is 0 Å². The lowest BCUT2D eigenvalue weighted by atomic mass is 9.87. The van der Waals surface area contributed by atoms with Gasteiger partial charge in [0.1, 0.15) is 17.3 Å². The average Bonchev–Trinajstić information content (AvgIpc) is 2.87. The molecule has 4 heteroatoms. The van der Waals surface area contributed by atoms with Crippen molar-refractivity contribution >= 4 is 0 Å². The second kappa shape index (κ2) is 5.62. The fraction of sp³-hybridized carbons (Fsp3) is 0.368. The molecule has 1 saturated heterocycles. The third-order valence-corrected chi connectivity index (χ3v) is 4.61. The zero-order chi connectivity index (χ0) is 16.0. The summed E-state index contributed by atoms with van der Waals surface area (Å²) >= 11 is 0. The van der Waals surface area contributed by atoms with Crippen molar-refractivity contribution in [3.8, 4) is 11.5 Å². The summed E-state index contributed by atoms with van der Waals surface area (Å²) in [6.45, 7) is 0.862. The highest BCUT2D eigenvalue weighted by Crippen LogP contribution is 2.52. The van der Waals surface area contributed by atoms with Crippen LogP contribution in [0, 0.1) is 5.82 Å². The Kier molecular flexibility index (Phi) is 3.58. The maximum absolute atomic E-state index is 13.8. The molecule has 2 aliphatic rings. The number of hydrogen-bond donors (Lipinski definition) is 0. The lowest BCUT2D eigenvalue weighted by molar-refractivity contribution is 0.0270. The molecule has 2 aromatic carbocycles. The van der Waals surface area contributed by atoms with Gasteiger partial charge in [-0.15, -0.1) is 0 Å². The summed E-state index contributed by atoms with van der Waals surface area (Å²) in [5.41, 5.74) is 1.96. The number of fused-ring (bicyclic) bond motifs is 5. The van der Waals surface area contributed by atoms with Crippen LogP contribution in [0.5, 0.6) is 11.5 Å². The molecule has 2 heterocycles. The van der Waals surface area contributed by atoms with E-state index in [1.807, 2.05) is 32.3 Å². The van der Waals surface area contributed by atoms with Crippen LogP contribution in [0.1, 0.15) is 29.6 Å². The molecule has 3 atom stereocenters. The Bertz CT molecular complexity index is 731. The van der Waals surface area contributed by atoms with E-state index in [1.54, 1.807) is 12.1 Å². The first-order chi connectivity index (χ1) is 11.1. The van der Waals surface area contributed by atoms with Crippen molar-refractivity contribution in [2.75, 3.05) is 20.6 Å². The number of rotatable bonds is 2. The van der Waals surface area contributed by atoms with Gasteiger partial charge in [-0.25, -0.2) is 4.39 Å². The van der Waals surface area contributed by atoms with Crippen molar-refractivity contribution in [1.82, 2.24) is 4.90 Å². The summed E-state index contributed by atoms with van der Waals surface area (Å²) in [4.78, 5) is 2.13. The third kappa shape index (κ3) is 2.62. The van der Waals surface area contributed by atoms with Crippen molar-refractivity contribution in [3.63, 3.8) is 0 Å².